The van der Waals surface area contributed by atoms with Crippen molar-refractivity contribution in [2.45, 2.75) is 24.8 Å². The quantitative estimate of drug-likeness (QED) is 0.821. The third kappa shape index (κ3) is 4.10. The van der Waals surface area contributed by atoms with E-state index in [4.69, 9.17) is 5.14 Å². The lowest BCUT2D eigenvalue weighted by atomic mass is 10.2. The molecule has 0 aliphatic heterocycles. The highest BCUT2D eigenvalue weighted by atomic mass is 32.2. The lowest BCUT2D eigenvalue weighted by molar-refractivity contribution is -0.116. The number of nitrogens with zero attached hydrogens (tertiary/aromatic N) is 3. The van der Waals surface area contributed by atoms with Crippen LogP contribution in [0.4, 0.5) is 5.69 Å². The Hall–Kier alpha value is -2.26. The van der Waals surface area contributed by atoms with Gasteiger partial charge in [-0.05, 0) is 30.7 Å². The second kappa shape index (κ2) is 6.02. The smallest absolute Gasteiger partial charge is 0.238 e. The molecule has 0 saturated carbocycles. The van der Waals surface area contributed by atoms with Gasteiger partial charge in [-0.15, -0.1) is 5.10 Å². The molecule has 0 fully saturated rings. The minimum absolute atomic E-state index is 0.0145. The number of nitrogens with two attached hydrogens (primary N) is 1. The van der Waals surface area contributed by atoms with E-state index >= 15 is 0 Å². The van der Waals surface area contributed by atoms with Gasteiger partial charge in [-0.2, -0.15) is 0 Å². The molecule has 1 amide bonds. The van der Waals surface area contributed by atoms with Crippen molar-refractivity contribution in [3.8, 4) is 0 Å². The predicted octanol–water partition coefficient (Wildman–Crippen LogP) is 0.263. The Bertz CT molecular complexity index is 740. The molecule has 112 valence electrons. The van der Waals surface area contributed by atoms with E-state index in [1.807, 2.05) is 0 Å². The molecule has 21 heavy (non-hydrogen) atoms. The largest absolute Gasteiger partial charge is 0.326 e. The van der Waals surface area contributed by atoms with Crippen molar-refractivity contribution in [2.75, 3.05) is 5.32 Å². The molecule has 1 heterocycles. The van der Waals surface area contributed by atoms with Crippen molar-refractivity contribution < 1.29 is 13.2 Å². The van der Waals surface area contributed by atoms with Gasteiger partial charge < -0.3 is 5.32 Å². The topological polar surface area (TPSA) is 120 Å². The number of anilines is 1. The van der Waals surface area contributed by atoms with Crippen molar-refractivity contribution in [1.29, 1.82) is 0 Å². The molecule has 0 aliphatic carbocycles. The summed E-state index contributed by atoms with van der Waals surface area (Å²) in [7, 11) is -3.74. The highest BCUT2D eigenvalue weighted by molar-refractivity contribution is 7.89. The first kappa shape index (κ1) is 15.1. The predicted molar refractivity (Wildman–Crippen MR) is 75.8 cm³/mol. The zero-order valence-corrected chi connectivity index (χ0v) is 12.2. The van der Waals surface area contributed by atoms with Crippen LogP contribution in [0.2, 0.25) is 0 Å². The number of hydrogen-bond donors (Lipinski definition) is 2. The summed E-state index contributed by atoms with van der Waals surface area (Å²) in [6, 6.07) is 4.29. The Labute approximate surface area is 122 Å². The summed E-state index contributed by atoms with van der Waals surface area (Å²) >= 11 is 0. The van der Waals surface area contributed by atoms with Gasteiger partial charge in [-0.25, -0.2) is 13.6 Å². The average Bonchev–Trinajstić information content (AvgIpc) is 2.91. The van der Waals surface area contributed by atoms with Gasteiger partial charge in [0.05, 0.1) is 17.6 Å². The first-order valence-corrected chi connectivity index (χ1v) is 7.68. The summed E-state index contributed by atoms with van der Waals surface area (Å²) in [5.41, 5.74) is 1.17. The molecule has 0 saturated heterocycles. The summed E-state index contributed by atoms with van der Waals surface area (Å²) in [5, 5.41) is 15.2. The molecule has 1 aromatic heterocycles. The van der Waals surface area contributed by atoms with Gasteiger partial charge in [0, 0.05) is 18.3 Å². The Kier molecular flexibility index (Phi) is 4.34. The van der Waals surface area contributed by atoms with Crippen molar-refractivity contribution in [1.82, 2.24) is 15.0 Å². The maximum absolute atomic E-state index is 11.8. The van der Waals surface area contributed by atoms with E-state index in [0.29, 0.717) is 17.8 Å². The Morgan fingerprint density at radius 2 is 2.19 bits per heavy atom. The number of sulfonamides is 1. The maximum atomic E-state index is 11.8. The van der Waals surface area contributed by atoms with Crippen LogP contribution >= 0.6 is 0 Å². The lowest BCUT2D eigenvalue weighted by Crippen LogP contribution is -2.16. The molecule has 2 aromatic rings. The summed E-state index contributed by atoms with van der Waals surface area (Å²) in [4.78, 5) is 11.8. The highest BCUT2D eigenvalue weighted by Crippen LogP contribution is 2.19. The minimum atomic E-state index is -3.74. The number of hydrogen-bond acceptors (Lipinski definition) is 5. The van der Waals surface area contributed by atoms with Gasteiger partial charge >= 0.3 is 0 Å². The number of carbonyl (C=O) groups excluding carboxylic acids is 1. The second-order valence-corrected chi connectivity index (χ2v) is 6.05. The number of amides is 1. The van der Waals surface area contributed by atoms with Crippen LogP contribution in [-0.4, -0.2) is 29.3 Å². The van der Waals surface area contributed by atoms with E-state index in [1.165, 1.54) is 24.4 Å². The second-order valence-electron chi connectivity index (χ2n) is 4.49. The molecule has 1 aromatic carbocycles. The van der Waals surface area contributed by atoms with E-state index in [2.05, 4.69) is 15.6 Å². The maximum Gasteiger partial charge on any atom is 0.238 e. The molecule has 0 spiro atoms. The molecule has 0 atom stereocenters. The monoisotopic (exact) mass is 309 g/mol. The number of nitrogens with one attached hydrogen (secondary N) is 1. The number of carbonyl (C=O) groups is 1. The summed E-state index contributed by atoms with van der Waals surface area (Å²) in [6.07, 6.45) is 3.44. The highest BCUT2D eigenvalue weighted by Gasteiger charge is 2.11. The van der Waals surface area contributed by atoms with E-state index < -0.39 is 10.0 Å². The fourth-order valence-electron chi connectivity index (χ4n) is 1.73. The molecular weight excluding hydrogens is 294 g/mol. The molecule has 3 N–H and O–H groups in total. The molecule has 8 nitrogen and oxygen atoms in total. The molecule has 2 rings (SSSR count). The Morgan fingerprint density at radius 1 is 1.43 bits per heavy atom. The SMILES string of the molecule is Cc1cc(S(N)(=O)=O)ccc1NC(=O)CCn1ccnn1. The van der Waals surface area contributed by atoms with E-state index in [9.17, 15) is 13.2 Å². The first-order valence-electron chi connectivity index (χ1n) is 6.13. The van der Waals surface area contributed by atoms with E-state index in [-0.39, 0.29) is 17.2 Å². The van der Waals surface area contributed by atoms with Gasteiger partial charge in [-0.3, -0.25) is 9.48 Å². The van der Waals surface area contributed by atoms with E-state index in [1.54, 1.807) is 17.8 Å². The number of benzene rings is 1. The molecule has 9 heteroatoms. The normalized spacial score (nSPS) is 11.3. The van der Waals surface area contributed by atoms with Crippen molar-refractivity contribution in [3.05, 3.63) is 36.2 Å². The average molecular weight is 309 g/mol. The van der Waals surface area contributed by atoms with Gasteiger partial charge in [-0.1, -0.05) is 5.21 Å². The summed E-state index contributed by atoms with van der Waals surface area (Å²) in [6.45, 7) is 2.11. The van der Waals surface area contributed by atoms with Crippen molar-refractivity contribution in [2.24, 2.45) is 5.14 Å². The Balaban J connectivity index is 2.01. The van der Waals surface area contributed by atoms with Gasteiger partial charge in [0.2, 0.25) is 15.9 Å². The van der Waals surface area contributed by atoms with Crippen LogP contribution in [0, 0.1) is 6.92 Å². The van der Waals surface area contributed by atoms with Crippen molar-refractivity contribution in [3.63, 3.8) is 0 Å². The first-order chi connectivity index (χ1) is 9.86. The minimum Gasteiger partial charge on any atom is -0.326 e. The molecule has 0 radical (unpaired) electrons. The number of rotatable bonds is 5. The fraction of sp³-hybridized carbons (Fsp3) is 0.250. The van der Waals surface area contributed by atoms with Crippen LogP contribution in [0.15, 0.2) is 35.5 Å². The van der Waals surface area contributed by atoms with Gasteiger partial charge in [0.1, 0.15) is 0 Å². The zero-order chi connectivity index (χ0) is 15.5. The fourth-order valence-corrected chi connectivity index (χ4v) is 2.33. The summed E-state index contributed by atoms with van der Waals surface area (Å²) in [5.74, 6) is -0.197. The van der Waals surface area contributed by atoms with Crippen LogP contribution in [0.5, 0.6) is 0 Å². The van der Waals surface area contributed by atoms with Gasteiger partial charge in [0.15, 0.2) is 0 Å². The number of aryl methyl sites for hydroxylation is 2. The van der Waals surface area contributed by atoms with E-state index in [0.717, 1.165) is 0 Å². The third-order valence-electron chi connectivity index (χ3n) is 2.84. The van der Waals surface area contributed by atoms with Crippen LogP contribution in [0.25, 0.3) is 0 Å². The van der Waals surface area contributed by atoms with Crippen LogP contribution < -0.4 is 10.5 Å². The third-order valence-corrected chi connectivity index (χ3v) is 3.75. The van der Waals surface area contributed by atoms with Gasteiger partial charge in [0.25, 0.3) is 0 Å². The zero-order valence-electron chi connectivity index (χ0n) is 11.4. The molecule has 0 bridgehead atoms. The lowest BCUT2D eigenvalue weighted by Gasteiger charge is -2.09. The van der Waals surface area contributed by atoms with Crippen LogP contribution in [0.3, 0.4) is 0 Å². The number of aromatic nitrogens is 3. The molecule has 0 unspecified atom stereocenters. The summed E-state index contributed by atoms with van der Waals surface area (Å²) < 4.78 is 24.0. The molecule has 0 aliphatic rings. The standard InChI is InChI=1S/C12H15N5O3S/c1-9-8-10(21(13,19)20)2-3-11(9)15-12(18)4-6-17-7-5-14-16-17/h2-3,5,7-8H,4,6H2,1H3,(H,15,18)(H2,13,19,20). The van der Waals surface area contributed by atoms with Crippen molar-refractivity contribution >= 4 is 21.6 Å². The Morgan fingerprint density at radius 3 is 2.76 bits per heavy atom. The van der Waals surface area contributed by atoms with Crippen LogP contribution in [0.1, 0.15) is 12.0 Å². The molecular formula is C12H15N5O3S. The van der Waals surface area contributed by atoms with Crippen LogP contribution in [-0.2, 0) is 21.4 Å². The number of primary sulfonamides is 1.